The average Bonchev–Trinajstić information content (AvgIpc) is 2.47. The van der Waals surface area contributed by atoms with Gasteiger partial charge in [-0.1, -0.05) is 32.0 Å². The normalized spacial score (nSPS) is 10.5. The second-order valence-electron chi connectivity index (χ2n) is 5.00. The second-order valence-corrected chi connectivity index (χ2v) is 5.00. The number of rotatable bonds is 5. The van der Waals surface area contributed by atoms with Crippen LogP contribution < -0.4 is 16.6 Å². The van der Waals surface area contributed by atoms with Crippen LogP contribution in [0.3, 0.4) is 0 Å². The number of nitrogens with zero attached hydrogens (tertiary/aromatic N) is 1. The summed E-state index contributed by atoms with van der Waals surface area (Å²) < 4.78 is 0. The standard InChI is InChI=1S/C15H18N4O2/c1-10(2)11-6-8-12(9-7-11)17-13-4-3-5-14(18-16)15(13)19(20)21/h3-10,17-18H,16H2,1-2H3. The summed E-state index contributed by atoms with van der Waals surface area (Å²) in [5, 5.41) is 14.3. The van der Waals surface area contributed by atoms with Gasteiger partial charge in [-0.05, 0) is 35.7 Å². The average molecular weight is 286 g/mol. The van der Waals surface area contributed by atoms with Gasteiger partial charge in [0.1, 0.15) is 11.4 Å². The summed E-state index contributed by atoms with van der Waals surface area (Å²) in [5.74, 6) is 5.76. The maximum absolute atomic E-state index is 11.2. The van der Waals surface area contributed by atoms with Gasteiger partial charge < -0.3 is 10.7 Å². The molecule has 2 aromatic rings. The van der Waals surface area contributed by atoms with Gasteiger partial charge in [0.2, 0.25) is 0 Å². The molecule has 0 spiro atoms. The predicted octanol–water partition coefficient (Wildman–Crippen LogP) is 3.75. The summed E-state index contributed by atoms with van der Waals surface area (Å²) >= 11 is 0. The Labute approximate surface area is 123 Å². The van der Waals surface area contributed by atoms with E-state index in [9.17, 15) is 10.1 Å². The summed E-state index contributed by atoms with van der Waals surface area (Å²) in [6.07, 6.45) is 0. The van der Waals surface area contributed by atoms with Crippen LogP contribution in [0.15, 0.2) is 42.5 Å². The van der Waals surface area contributed by atoms with Crippen molar-refractivity contribution < 1.29 is 4.92 Å². The minimum Gasteiger partial charge on any atom is -0.350 e. The minimum absolute atomic E-state index is 0.0760. The van der Waals surface area contributed by atoms with Crippen molar-refractivity contribution in [1.82, 2.24) is 0 Å². The summed E-state index contributed by atoms with van der Waals surface area (Å²) in [7, 11) is 0. The molecular weight excluding hydrogens is 268 g/mol. The van der Waals surface area contributed by atoms with Crippen LogP contribution in [-0.2, 0) is 0 Å². The molecule has 2 rings (SSSR count). The SMILES string of the molecule is CC(C)c1ccc(Nc2cccc(NN)c2[N+](=O)[O-])cc1. The zero-order valence-corrected chi connectivity index (χ0v) is 12.0. The number of hydrazine groups is 1. The molecule has 6 nitrogen and oxygen atoms in total. The van der Waals surface area contributed by atoms with Crippen molar-refractivity contribution in [2.24, 2.45) is 5.84 Å². The first kappa shape index (κ1) is 14.8. The molecule has 0 amide bonds. The van der Waals surface area contributed by atoms with Crippen molar-refractivity contribution in [2.45, 2.75) is 19.8 Å². The van der Waals surface area contributed by atoms with Crippen molar-refractivity contribution in [3.63, 3.8) is 0 Å². The van der Waals surface area contributed by atoms with Crippen molar-refractivity contribution >= 4 is 22.7 Å². The molecule has 0 radical (unpaired) electrons. The van der Waals surface area contributed by atoms with Gasteiger partial charge >= 0.3 is 5.69 Å². The molecular formula is C15H18N4O2. The Kier molecular flexibility index (Phi) is 4.39. The summed E-state index contributed by atoms with van der Waals surface area (Å²) in [6.45, 7) is 4.23. The smallest absolute Gasteiger partial charge is 0.316 e. The Morgan fingerprint density at radius 1 is 1.10 bits per heavy atom. The Morgan fingerprint density at radius 3 is 2.24 bits per heavy atom. The van der Waals surface area contributed by atoms with Crippen molar-refractivity contribution in [3.8, 4) is 0 Å². The number of hydrogen-bond donors (Lipinski definition) is 3. The van der Waals surface area contributed by atoms with Gasteiger partial charge in [0.15, 0.2) is 0 Å². The van der Waals surface area contributed by atoms with Crippen LogP contribution in [0.4, 0.5) is 22.7 Å². The van der Waals surface area contributed by atoms with E-state index in [0.717, 1.165) is 5.69 Å². The maximum atomic E-state index is 11.2. The van der Waals surface area contributed by atoms with Gasteiger partial charge in [0, 0.05) is 5.69 Å². The quantitative estimate of drug-likeness (QED) is 0.442. The molecule has 0 aromatic heterocycles. The number of nitrogens with one attached hydrogen (secondary N) is 2. The molecule has 0 unspecified atom stereocenters. The fourth-order valence-corrected chi connectivity index (χ4v) is 2.06. The molecule has 0 atom stereocenters. The fourth-order valence-electron chi connectivity index (χ4n) is 2.06. The van der Waals surface area contributed by atoms with Crippen LogP contribution in [0.1, 0.15) is 25.3 Å². The lowest BCUT2D eigenvalue weighted by Crippen LogP contribution is -2.10. The third-order valence-electron chi connectivity index (χ3n) is 3.23. The van der Waals surface area contributed by atoms with Crippen molar-refractivity contribution in [3.05, 3.63) is 58.1 Å². The first-order valence-electron chi connectivity index (χ1n) is 6.64. The Balaban J connectivity index is 2.33. The largest absolute Gasteiger partial charge is 0.350 e. The highest BCUT2D eigenvalue weighted by Crippen LogP contribution is 2.34. The van der Waals surface area contributed by atoms with E-state index in [1.165, 1.54) is 5.56 Å². The maximum Gasteiger partial charge on any atom is 0.316 e. The van der Waals surface area contributed by atoms with Gasteiger partial charge in [-0.2, -0.15) is 0 Å². The lowest BCUT2D eigenvalue weighted by molar-refractivity contribution is -0.383. The Bertz CT molecular complexity index is 639. The highest BCUT2D eigenvalue weighted by atomic mass is 16.6. The molecule has 0 saturated carbocycles. The number of hydrogen-bond acceptors (Lipinski definition) is 5. The number of nitrogen functional groups attached to an aromatic ring is 1. The molecule has 2 aromatic carbocycles. The molecule has 21 heavy (non-hydrogen) atoms. The third-order valence-corrected chi connectivity index (χ3v) is 3.23. The minimum atomic E-state index is -0.458. The Hall–Kier alpha value is -2.60. The number of anilines is 3. The molecule has 0 bridgehead atoms. The van der Waals surface area contributed by atoms with Crippen LogP contribution >= 0.6 is 0 Å². The van der Waals surface area contributed by atoms with E-state index in [0.29, 0.717) is 11.6 Å². The van der Waals surface area contributed by atoms with E-state index >= 15 is 0 Å². The van der Waals surface area contributed by atoms with Crippen LogP contribution in [0, 0.1) is 10.1 Å². The highest BCUT2D eigenvalue weighted by molar-refractivity contribution is 5.79. The lowest BCUT2D eigenvalue weighted by Gasteiger charge is -2.11. The highest BCUT2D eigenvalue weighted by Gasteiger charge is 2.19. The lowest BCUT2D eigenvalue weighted by atomic mass is 10.0. The molecule has 0 aliphatic heterocycles. The summed E-state index contributed by atoms with van der Waals surface area (Å²) in [5.41, 5.74) is 4.94. The van der Waals surface area contributed by atoms with E-state index in [-0.39, 0.29) is 11.4 Å². The van der Waals surface area contributed by atoms with Crippen LogP contribution in [0.5, 0.6) is 0 Å². The second kappa shape index (κ2) is 6.23. The van der Waals surface area contributed by atoms with E-state index in [2.05, 4.69) is 24.6 Å². The number of para-hydroxylation sites is 1. The van der Waals surface area contributed by atoms with Crippen LogP contribution in [0.2, 0.25) is 0 Å². The molecule has 0 aliphatic rings. The molecule has 0 fully saturated rings. The van der Waals surface area contributed by atoms with Crippen LogP contribution in [0.25, 0.3) is 0 Å². The first-order valence-corrected chi connectivity index (χ1v) is 6.64. The molecule has 4 N–H and O–H groups in total. The van der Waals surface area contributed by atoms with Gasteiger partial charge in [-0.3, -0.25) is 16.0 Å². The Morgan fingerprint density at radius 2 is 1.71 bits per heavy atom. The van der Waals surface area contributed by atoms with Gasteiger partial charge in [0.05, 0.1) is 4.92 Å². The molecule has 6 heteroatoms. The molecule has 0 heterocycles. The first-order chi connectivity index (χ1) is 10.0. The van der Waals surface area contributed by atoms with Crippen molar-refractivity contribution in [2.75, 3.05) is 10.7 Å². The zero-order valence-electron chi connectivity index (χ0n) is 12.0. The monoisotopic (exact) mass is 286 g/mol. The van der Waals surface area contributed by atoms with E-state index in [1.807, 2.05) is 24.3 Å². The fraction of sp³-hybridized carbons (Fsp3) is 0.200. The number of nitro groups is 1. The molecule has 0 aliphatic carbocycles. The molecule has 0 saturated heterocycles. The van der Waals surface area contributed by atoms with Crippen LogP contribution in [-0.4, -0.2) is 4.92 Å². The third kappa shape index (κ3) is 3.29. The number of benzene rings is 2. The van der Waals surface area contributed by atoms with E-state index in [4.69, 9.17) is 5.84 Å². The van der Waals surface area contributed by atoms with Gasteiger partial charge in [0.25, 0.3) is 0 Å². The number of nitrogens with two attached hydrogens (primary N) is 1. The van der Waals surface area contributed by atoms with Gasteiger partial charge in [-0.15, -0.1) is 0 Å². The van der Waals surface area contributed by atoms with Gasteiger partial charge in [-0.25, -0.2) is 0 Å². The van der Waals surface area contributed by atoms with E-state index < -0.39 is 4.92 Å². The zero-order chi connectivity index (χ0) is 15.4. The molecule has 110 valence electrons. The van der Waals surface area contributed by atoms with E-state index in [1.54, 1.807) is 18.2 Å². The van der Waals surface area contributed by atoms with Crippen molar-refractivity contribution in [1.29, 1.82) is 0 Å². The number of nitro benzene ring substituents is 1. The summed E-state index contributed by atoms with van der Waals surface area (Å²) in [6, 6.07) is 12.7. The topological polar surface area (TPSA) is 93.2 Å². The summed E-state index contributed by atoms with van der Waals surface area (Å²) in [4.78, 5) is 10.7. The predicted molar refractivity (Wildman–Crippen MR) is 84.7 cm³/mol.